The number of amides is 3. The van der Waals surface area contributed by atoms with E-state index in [-0.39, 0.29) is 6.42 Å². The highest BCUT2D eigenvalue weighted by Gasteiger charge is 2.37. The first-order valence-corrected chi connectivity index (χ1v) is 9.22. The Hall–Kier alpha value is -2.99. The van der Waals surface area contributed by atoms with Crippen LogP contribution in [0.4, 0.5) is 0 Å². The van der Waals surface area contributed by atoms with Gasteiger partial charge in [0.2, 0.25) is 17.7 Å². The largest absolute Gasteiger partial charge is 0.480 e. The minimum atomic E-state index is -1.33. The standard InChI is InChI=1S/C17H26N6O6/c1-9(17(28)29)21-14(25)12(7-24)22-15(26)13-3-2-4-23(13)16(27)11(18)5-10-6-19-8-20-10/h6,8-9,11-13,24H,2-5,7,18H2,1H3,(H,19,20)(H,21,25)(H,22,26)(H,28,29). The molecule has 1 aliphatic heterocycles. The van der Waals surface area contributed by atoms with E-state index in [2.05, 4.69) is 20.6 Å². The number of aliphatic hydroxyl groups is 1. The second kappa shape index (κ2) is 9.98. The molecule has 12 heteroatoms. The predicted octanol–water partition coefficient (Wildman–Crippen LogP) is -2.66. The lowest BCUT2D eigenvalue weighted by Gasteiger charge is -2.28. The number of likely N-dealkylation sites (tertiary alicyclic amines) is 1. The first kappa shape index (κ1) is 22.3. The molecule has 4 atom stereocenters. The lowest BCUT2D eigenvalue weighted by atomic mass is 10.1. The quantitative estimate of drug-likeness (QED) is 0.254. The van der Waals surface area contributed by atoms with Crippen molar-refractivity contribution < 1.29 is 29.4 Å². The number of aliphatic hydroxyl groups excluding tert-OH is 1. The molecule has 1 aromatic rings. The number of hydrogen-bond acceptors (Lipinski definition) is 7. The molecule has 7 N–H and O–H groups in total. The first-order chi connectivity index (χ1) is 13.7. The van der Waals surface area contributed by atoms with Crippen molar-refractivity contribution in [2.24, 2.45) is 5.73 Å². The van der Waals surface area contributed by atoms with Crippen molar-refractivity contribution in [3.8, 4) is 0 Å². The normalized spacial score (nSPS) is 19.3. The van der Waals surface area contributed by atoms with Crippen LogP contribution in [0.25, 0.3) is 0 Å². The molecule has 0 spiro atoms. The molecule has 12 nitrogen and oxygen atoms in total. The third-order valence-corrected chi connectivity index (χ3v) is 4.70. The molecular weight excluding hydrogens is 384 g/mol. The summed E-state index contributed by atoms with van der Waals surface area (Å²) in [5.41, 5.74) is 6.67. The van der Waals surface area contributed by atoms with Gasteiger partial charge in [-0.1, -0.05) is 0 Å². The van der Waals surface area contributed by atoms with E-state index in [0.29, 0.717) is 25.1 Å². The molecule has 2 rings (SSSR count). The number of imidazole rings is 1. The molecular formula is C17H26N6O6. The molecule has 0 saturated carbocycles. The summed E-state index contributed by atoms with van der Waals surface area (Å²) in [6.45, 7) is 0.887. The molecule has 4 unspecified atom stereocenters. The number of hydrogen-bond donors (Lipinski definition) is 6. The van der Waals surface area contributed by atoms with Gasteiger partial charge in [-0.2, -0.15) is 0 Å². The maximum Gasteiger partial charge on any atom is 0.325 e. The summed E-state index contributed by atoms with van der Waals surface area (Å²) in [4.78, 5) is 56.3. The maximum atomic E-state index is 12.7. The minimum absolute atomic E-state index is 0.235. The van der Waals surface area contributed by atoms with Gasteiger partial charge in [0.15, 0.2) is 0 Å². The third kappa shape index (κ3) is 5.74. The predicted molar refractivity (Wildman–Crippen MR) is 99.3 cm³/mol. The Morgan fingerprint density at radius 3 is 2.69 bits per heavy atom. The van der Waals surface area contributed by atoms with Crippen LogP contribution >= 0.6 is 0 Å². The lowest BCUT2D eigenvalue weighted by Crippen LogP contribution is -2.57. The zero-order valence-corrected chi connectivity index (χ0v) is 16.0. The van der Waals surface area contributed by atoms with Crippen molar-refractivity contribution >= 4 is 23.7 Å². The number of nitrogens with zero attached hydrogens (tertiary/aromatic N) is 2. The van der Waals surface area contributed by atoms with E-state index in [1.807, 2.05) is 0 Å². The Kier molecular flexibility index (Phi) is 7.67. The summed E-state index contributed by atoms with van der Waals surface area (Å²) < 4.78 is 0. The molecule has 0 aliphatic carbocycles. The summed E-state index contributed by atoms with van der Waals surface area (Å²) in [6, 6.07) is -4.20. The summed E-state index contributed by atoms with van der Waals surface area (Å²) in [5.74, 6) is -3.09. The second-order valence-corrected chi connectivity index (χ2v) is 6.89. The molecule has 2 heterocycles. The van der Waals surface area contributed by atoms with E-state index < -0.39 is 54.5 Å². The van der Waals surface area contributed by atoms with Crippen molar-refractivity contribution in [1.29, 1.82) is 0 Å². The smallest absolute Gasteiger partial charge is 0.325 e. The number of aromatic amines is 1. The minimum Gasteiger partial charge on any atom is -0.480 e. The van der Waals surface area contributed by atoms with Gasteiger partial charge in [0.05, 0.1) is 19.0 Å². The zero-order chi connectivity index (χ0) is 21.6. The molecule has 160 valence electrons. The second-order valence-electron chi connectivity index (χ2n) is 6.89. The van der Waals surface area contributed by atoms with Gasteiger partial charge in [-0.25, -0.2) is 4.98 Å². The maximum absolute atomic E-state index is 12.7. The molecule has 3 amide bonds. The van der Waals surface area contributed by atoms with Crippen molar-refractivity contribution in [3.05, 3.63) is 18.2 Å². The number of aliphatic carboxylic acids is 1. The number of carbonyl (C=O) groups is 4. The fourth-order valence-corrected chi connectivity index (χ4v) is 3.07. The van der Waals surface area contributed by atoms with Crippen molar-refractivity contribution in [2.45, 2.75) is 50.4 Å². The topological polar surface area (TPSA) is 191 Å². The van der Waals surface area contributed by atoms with Gasteiger partial charge in [0.1, 0.15) is 18.1 Å². The van der Waals surface area contributed by atoms with Crippen molar-refractivity contribution in [3.63, 3.8) is 0 Å². The summed E-state index contributed by atoms with van der Waals surface area (Å²) in [6.07, 6.45) is 4.25. The van der Waals surface area contributed by atoms with Crippen LogP contribution in [0.15, 0.2) is 12.5 Å². The van der Waals surface area contributed by atoms with E-state index in [4.69, 9.17) is 10.8 Å². The third-order valence-electron chi connectivity index (χ3n) is 4.70. The van der Waals surface area contributed by atoms with Crippen molar-refractivity contribution in [2.75, 3.05) is 13.2 Å². The monoisotopic (exact) mass is 410 g/mol. The lowest BCUT2D eigenvalue weighted by molar-refractivity contribution is -0.143. The van der Waals surface area contributed by atoms with Gasteiger partial charge in [0.25, 0.3) is 0 Å². The number of carboxylic acid groups (broad SMARTS) is 1. The molecule has 1 aliphatic rings. The Morgan fingerprint density at radius 2 is 2.10 bits per heavy atom. The number of nitrogens with one attached hydrogen (secondary N) is 3. The summed E-state index contributed by atoms with van der Waals surface area (Å²) in [5, 5.41) is 22.8. The van der Waals surface area contributed by atoms with Gasteiger partial charge in [-0.15, -0.1) is 0 Å². The van der Waals surface area contributed by atoms with Gasteiger partial charge in [-0.05, 0) is 19.8 Å². The van der Waals surface area contributed by atoms with E-state index in [9.17, 15) is 24.3 Å². The number of nitrogens with two attached hydrogens (primary N) is 1. The van der Waals surface area contributed by atoms with Gasteiger partial charge in [0, 0.05) is 24.9 Å². The fraction of sp³-hybridized carbons (Fsp3) is 0.588. The summed E-state index contributed by atoms with van der Waals surface area (Å²) in [7, 11) is 0. The number of H-pyrrole nitrogens is 1. The number of carbonyl (C=O) groups excluding carboxylic acids is 3. The molecule has 1 fully saturated rings. The molecule has 0 radical (unpaired) electrons. The highest BCUT2D eigenvalue weighted by atomic mass is 16.4. The number of rotatable bonds is 9. The Morgan fingerprint density at radius 1 is 1.38 bits per heavy atom. The zero-order valence-electron chi connectivity index (χ0n) is 16.0. The van der Waals surface area contributed by atoms with Crippen LogP contribution in [0, 0.1) is 0 Å². The van der Waals surface area contributed by atoms with Crippen LogP contribution in [0.3, 0.4) is 0 Å². The fourth-order valence-electron chi connectivity index (χ4n) is 3.07. The molecule has 0 bridgehead atoms. The van der Waals surface area contributed by atoms with Gasteiger partial charge in [-0.3, -0.25) is 19.2 Å². The Balaban J connectivity index is 1.98. The average molecular weight is 410 g/mol. The van der Waals surface area contributed by atoms with Crippen LogP contribution in [-0.2, 0) is 25.6 Å². The summed E-state index contributed by atoms with van der Waals surface area (Å²) >= 11 is 0. The number of carboxylic acids is 1. The van der Waals surface area contributed by atoms with Crippen LogP contribution in [0.1, 0.15) is 25.5 Å². The van der Waals surface area contributed by atoms with Crippen LogP contribution in [0.2, 0.25) is 0 Å². The van der Waals surface area contributed by atoms with E-state index in [1.165, 1.54) is 18.2 Å². The van der Waals surface area contributed by atoms with Crippen LogP contribution in [0.5, 0.6) is 0 Å². The van der Waals surface area contributed by atoms with E-state index in [1.54, 1.807) is 6.20 Å². The van der Waals surface area contributed by atoms with Crippen LogP contribution in [-0.4, -0.2) is 86.1 Å². The molecule has 29 heavy (non-hydrogen) atoms. The average Bonchev–Trinajstić information content (AvgIpc) is 3.36. The Bertz CT molecular complexity index is 739. The Labute approximate surface area is 166 Å². The van der Waals surface area contributed by atoms with E-state index >= 15 is 0 Å². The SMILES string of the molecule is CC(NC(=O)C(CO)NC(=O)C1CCCN1C(=O)C(N)Cc1cnc[nH]1)C(=O)O. The first-order valence-electron chi connectivity index (χ1n) is 9.22. The highest BCUT2D eigenvalue weighted by Crippen LogP contribution is 2.19. The molecule has 1 saturated heterocycles. The van der Waals surface area contributed by atoms with Gasteiger partial charge >= 0.3 is 5.97 Å². The number of aromatic nitrogens is 2. The van der Waals surface area contributed by atoms with E-state index in [0.717, 1.165) is 0 Å². The molecule has 0 aromatic carbocycles. The molecule has 1 aromatic heterocycles. The van der Waals surface area contributed by atoms with Crippen molar-refractivity contribution in [1.82, 2.24) is 25.5 Å². The van der Waals surface area contributed by atoms with Crippen LogP contribution < -0.4 is 16.4 Å². The highest BCUT2D eigenvalue weighted by molar-refractivity contribution is 5.94. The van der Waals surface area contributed by atoms with Gasteiger partial charge < -0.3 is 36.5 Å².